The molecule has 0 aliphatic heterocycles. The maximum atomic E-state index is 11.4. The van der Waals surface area contributed by atoms with E-state index in [4.69, 9.17) is 10.2 Å². The van der Waals surface area contributed by atoms with Crippen LogP contribution in [0.1, 0.15) is 13.8 Å². The van der Waals surface area contributed by atoms with Crippen LogP contribution in [0.3, 0.4) is 0 Å². The summed E-state index contributed by atoms with van der Waals surface area (Å²) in [5.41, 5.74) is 0. The summed E-state index contributed by atoms with van der Waals surface area (Å²) in [5, 5.41) is 19.7. The number of hydrogen-bond donors (Lipinski definition) is 3. The molecular formula is C10H18N2O5. The molecular weight excluding hydrogens is 228 g/mol. The molecule has 0 aromatic rings. The number of carboxylic acid groups (broad SMARTS) is 2. The Hall–Kier alpha value is -1.63. The summed E-state index contributed by atoms with van der Waals surface area (Å²) >= 11 is 0. The highest BCUT2D eigenvalue weighted by Crippen LogP contribution is 1.91. The second-order valence-electron chi connectivity index (χ2n) is 4.13. The molecule has 0 aromatic heterocycles. The van der Waals surface area contributed by atoms with E-state index in [1.54, 1.807) is 0 Å². The average Bonchev–Trinajstić information content (AvgIpc) is 2.12. The van der Waals surface area contributed by atoms with Gasteiger partial charge in [-0.2, -0.15) is 0 Å². The van der Waals surface area contributed by atoms with Gasteiger partial charge in [0.15, 0.2) is 0 Å². The van der Waals surface area contributed by atoms with Crippen LogP contribution < -0.4 is 5.32 Å². The Morgan fingerprint density at radius 2 is 1.53 bits per heavy atom. The van der Waals surface area contributed by atoms with Crippen LogP contribution in [0, 0.1) is 5.92 Å². The number of nitrogens with zero attached hydrogens (tertiary/aromatic N) is 1. The van der Waals surface area contributed by atoms with Gasteiger partial charge in [0.2, 0.25) is 5.91 Å². The Balaban J connectivity index is 4.17. The summed E-state index contributed by atoms with van der Waals surface area (Å²) in [6.07, 6.45) is 0. The third-order valence-corrected chi connectivity index (χ3v) is 1.79. The van der Waals surface area contributed by atoms with Crippen LogP contribution >= 0.6 is 0 Å². The molecule has 0 aliphatic rings. The van der Waals surface area contributed by atoms with Gasteiger partial charge in [-0.3, -0.25) is 19.3 Å². The molecule has 0 spiro atoms. The monoisotopic (exact) mass is 246 g/mol. The predicted octanol–water partition coefficient (Wildman–Crippen LogP) is -0.770. The normalized spacial score (nSPS) is 10.6. The van der Waals surface area contributed by atoms with Crippen molar-refractivity contribution in [1.29, 1.82) is 0 Å². The molecule has 3 N–H and O–H groups in total. The fourth-order valence-electron chi connectivity index (χ4n) is 1.13. The highest BCUT2D eigenvalue weighted by molar-refractivity contribution is 5.80. The molecule has 0 fully saturated rings. The second kappa shape index (κ2) is 7.61. The highest BCUT2D eigenvalue weighted by atomic mass is 16.4. The molecule has 0 aromatic carbocycles. The minimum Gasteiger partial charge on any atom is -0.480 e. The third kappa shape index (κ3) is 9.31. The standard InChI is InChI=1S/C10H18N2O5/c1-7(2)3-11-8(13)4-12(5-9(14)15)6-10(16)17/h7H,3-6H2,1-2H3,(H,11,13)(H,14,15)(H,16,17). The van der Waals surface area contributed by atoms with E-state index in [1.165, 1.54) is 0 Å². The van der Waals surface area contributed by atoms with Crippen molar-refractivity contribution in [1.82, 2.24) is 10.2 Å². The number of carbonyl (C=O) groups excluding carboxylic acids is 1. The van der Waals surface area contributed by atoms with Crippen molar-refractivity contribution < 1.29 is 24.6 Å². The van der Waals surface area contributed by atoms with Gasteiger partial charge >= 0.3 is 11.9 Å². The molecule has 7 heteroatoms. The van der Waals surface area contributed by atoms with Gasteiger partial charge in [0, 0.05) is 6.54 Å². The van der Waals surface area contributed by atoms with Gasteiger partial charge < -0.3 is 15.5 Å². The van der Waals surface area contributed by atoms with E-state index in [-0.39, 0.29) is 18.4 Å². The van der Waals surface area contributed by atoms with Crippen molar-refractivity contribution in [3.8, 4) is 0 Å². The van der Waals surface area contributed by atoms with Crippen LogP contribution in [0.4, 0.5) is 0 Å². The van der Waals surface area contributed by atoms with E-state index in [0.717, 1.165) is 4.90 Å². The van der Waals surface area contributed by atoms with Gasteiger partial charge in [0.05, 0.1) is 19.6 Å². The number of nitrogens with one attached hydrogen (secondary N) is 1. The lowest BCUT2D eigenvalue weighted by atomic mass is 10.2. The Bertz CT molecular complexity index is 274. The van der Waals surface area contributed by atoms with Gasteiger partial charge in [-0.25, -0.2) is 0 Å². The molecule has 1 amide bonds. The van der Waals surface area contributed by atoms with E-state index in [9.17, 15) is 14.4 Å². The quantitative estimate of drug-likeness (QED) is 0.519. The van der Waals surface area contributed by atoms with Crippen molar-refractivity contribution in [2.24, 2.45) is 5.92 Å². The zero-order valence-electron chi connectivity index (χ0n) is 9.97. The zero-order valence-corrected chi connectivity index (χ0v) is 9.97. The van der Waals surface area contributed by atoms with Gasteiger partial charge in [-0.1, -0.05) is 13.8 Å². The Morgan fingerprint density at radius 3 is 1.88 bits per heavy atom. The molecule has 17 heavy (non-hydrogen) atoms. The maximum absolute atomic E-state index is 11.4. The van der Waals surface area contributed by atoms with Crippen LogP contribution in [0.15, 0.2) is 0 Å². The number of amides is 1. The van der Waals surface area contributed by atoms with E-state index < -0.39 is 25.0 Å². The van der Waals surface area contributed by atoms with Crippen LogP contribution in [-0.2, 0) is 14.4 Å². The summed E-state index contributed by atoms with van der Waals surface area (Å²) in [4.78, 5) is 33.4. The largest absolute Gasteiger partial charge is 0.480 e. The molecule has 0 rings (SSSR count). The first-order chi connectivity index (χ1) is 7.81. The number of hydrogen-bond acceptors (Lipinski definition) is 4. The van der Waals surface area contributed by atoms with E-state index in [1.807, 2.05) is 13.8 Å². The van der Waals surface area contributed by atoms with Crippen LogP contribution in [0.2, 0.25) is 0 Å². The first-order valence-electron chi connectivity index (χ1n) is 5.24. The number of carboxylic acids is 2. The molecule has 0 heterocycles. The molecule has 0 aliphatic carbocycles. The number of rotatable bonds is 8. The van der Waals surface area contributed by atoms with Crippen LogP contribution in [0.5, 0.6) is 0 Å². The number of carbonyl (C=O) groups is 3. The summed E-state index contributed by atoms with van der Waals surface area (Å²) in [6, 6.07) is 0. The fourth-order valence-corrected chi connectivity index (χ4v) is 1.13. The third-order valence-electron chi connectivity index (χ3n) is 1.79. The van der Waals surface area contributed by atoms with Crippen molar-refractivity contribution in [2.75, 3.05) is 26.2 Å². The summed E-state index contributed by atoms with van der Waals surface area (Å²) in [7, 11) is 0. The molecule has 0 bridgehead atoms. The summed E-state index contributed by atoms with van der Waals surface area (Å²) in [5.74, 6) is -2.42. The van der Waals surface area contributed by atoms with Gasteiger partial charge in [-0.05, 0) is 5.92 Å². The zero-order chi connectivity index (χ0) is 13.4. The predicted molar refractivity (Wildman–Crippen MR) is 59.6 cm³/mol. The second-order valence-corrected chi connectivity index (χ2v) is 4.13. The molecule has 7 nitrogen and oxygen atoms in total. The fraction of sp³-hybridized carbons (Fsp3) is 0.700. The SMILES string of the molecule is CC(C)CNC(=O)CN(CC(=O)O)CC(=O)O. The van der Waals surface area contributed by atoms with Gasteiger partial charge in [-0.15, -0.1) is 0 Å². The van der Waals surface area contributed by atoms with Gasteiger partial charge in [0.25, 0.3) is 0 Å². The first kappa shape index (κ1) is 15.4. The number of aliphatic carboxylic acids is 2. The summed E-state index contributed by atoms with van der Waals surface area (Å²) < 4.78 is 0. The topological polar surface area (TPSA) is 107 Å². The van der Waals surface area contributed by atoms with Gasteiger partial charge in [0.1, 0.15) is 0 Å². The van der Waals surface area contributed by atoms with Crippen molar-refractivity contribution >= 4 is 17.8 Å². The van der Waals surface area contributed by atoms with Crippen LogP contribution in [-0.4, -0.2) is 59.1 Å². The molecule has 0 unspecified atom stereocenters. The maximum Gasteiger partial charge on any atom is 0.317 e. The van der Waals surface area contributed by atoms with Crippen molar-refractivity contribution in [3.63, 3.8) is 0 Å². The molecule has 0 saturated heterocycles. The minimum atomic E-state index is -1.16. The first-order valence-corrected chi connectivity index (χ1v) is 5.24. The van der Waals surface area contributed by atoms with Crippen molar-refractivity contribution in [3.05, 3.63) is 0 Å². The minimum absolute atomic E-state index is 0.231. The van der Waals surface area contributed by atoms with E-state index in [0.29, 0.717) is 6.54 Å². The molecule has 0 saturated carbocycles. The molecule has 98 valence electrons. The Morgan fingerprint density at radius 1 is 1.06 bits per heavy atom. The van der Waals surface area contributed by atoms with E-state index >= 15 is 0 Å². The summed E-state index contributed by atoms with van der Waals surface area (Å²) in [6.45, 7) is 3.15. The van der Waals surface area contributed by atoms with Crippen LogP contribution in [0.25, 0.3) is 0 Å². The lowest BCUT2D eigenvalue weighted by Gasteiger charge is -2.17. The Kier molecular flexibility index (Phi) is 6.88. The average molecular weight is 246 g/mol. The smallest absolute Gasteiger partial charge is 0.317 e. The van der Waals surface area contributed by atoms with Crippen molar-refractivity contribution in [2.45, 2.75) is 13.8 Å². The van der Waals surface area contributed by atoms with E-state index in [2.05, 4.69) is 5.32 Å². The lowest BCUT2D eigenvalue weighted by Crippen LogP contribution is -2.42. The highest BCUT2D eigenvalue weighted by Gasteiger charge is 2.16. The molecule has 0 radical (unpaired) electrons. The lowest BCUT2D eigenvalue weighted by molar-refractivity contribution is -0.142. The molecule has 0 atom stereocenters. The Labute approximate surface area is 99.4 Å².